The molecule has 2 aromatic rings. The van der Waals surface area contributed by atoms with Gasteiger partial charge in [0.25, 0.3) is 0 Å². The van der Waals surface area contributed by atoms with E-state index in [0.717, 1.165) is 48.3 Å². The van der Waals surface area contributed by atoms with Crippen LogP contribution in [0.3, 0.4) is 0 Å². The number of likely N-dealkylation sites (tertiary alicyclic amines) is 1. The molecule has 0 radical (unpaired) electrons. The summed E-state index contributed by atoms with van der Waals surface area (Å²) in [6.45, 7) is 15.2. The molecule has 1 aliphatic rings. The maximum atomic E-state index is 9.01. The van der Waals surface area contributed by atoms with E-state index < -0.39 is 8.32 Å². The topological polar surface area (TPSA) is 74.3 Å². The fraction of sp³-hybridized carbons (Fsp3) is 0.600. The summed E-state index contributed by atoms with van der Waals surface area (Å²) in [5.74, 6) is 1.09. The largest absolute Gasteiger partial charge is 0.444 e. The van der Waals surface area contributed by atoms with E-state index in [9.17, 15) is 0 Å². The van der Waals surface area contributed by atoms with Crippen LogP contribution < -0.4 is 5.32 Å². The van der Waals surface area contributed by atoms with Crippen LogP contribution in [0, 0.1) is 11.3 Å². The maximum absolute atomic E-state index is 9.01. The first-order chi connectivity index (χ1) is 13.1. The van der Waals surface area contributed by atoms with Crippen molar-refractivity contribution in [3.63, 3.8) is 0 Å². The Morgan fingerprint density at radius 2 is 2.21 bits per heavy atom. The summed E-state index contributed by atoms with van der Waals surface area (Å²) in [6, 6.07) is 4.12. The van der Waals surface area contributed by atoms with Gasteiger partial charge in [0, 0.05) is 43.7 Å². The van der Waals surface area contributed by atoms with Crippen LogP contribution in [0.5, 0.6) is 0 Å². The lowest BCUT2D eigenvalue weighted by Crippen LogP contribution is -2.42. The Bertz CT molecular complexity index is 885. The van der Waals surface area contributed by atoms with Crippen molar-refractivity contribution in [3.05, 3.63) is 22.5 Å². The molecule has 0 saturated carbocycles. The number of hydrogen-bond acceptors (Lipinski definition) is 6. The summed E-state index contributed by atoms with van der Waals surface area (Å²) in [4.78, 5) is 6.91. The molecule has 28 heavy (non-hydrogen) atoms. The number of nitrogens with one attached hydrogen (secondary N) is 1. The van der Waals surface area contributed by atoms with Crippen molar-refractivity contribution in [1.82, 2.24) is 9.88 Å². The van der Waals surface area contributed by atoms with E-state index in [4.69, 9.17) is 14.1 Å². The zero-order chi connectivity index (χ0) is 20.5. The number of rotatable bonds is 6. The van der Waals surface area contributed by atoms with E-state index in [1.54, 1.807) is 12.3 Å². The number of nitriles is 1. The van der Waals surface area contributed by atoms with Crippen LogP contribution in [-0.2, 0) is 4.43 Å². The number of furan rings is 1. The highest BCUT2D eigenvalue weighted by molar-refractivity contribution is 9.10. The Labute approximate surface area is 176 Å². The van der Waals surface area contributed by atoms with Gasteiger partial charge in [0.1, 0.15) is 11.9 Å². The zero-order valence-corrected chi connectivity index (χ0v) is 19.9. The van der Waals surface area contributed by atoms with E-state index in [2.05, 4.69) is 65.0 Å². The first-order valence-corrected chi connectivity index (χ1v) is 13.4. The Morgan fingerprint density at radius 3 is 2.89 bits per heavy atom. The second-order valence-corrected chi connectivity index (χ2v) is 14.6. The van der Waals surface area contributed by atoms with Crippen molar-refractivity contribution < 1.29 is 8.84 Å². The molecule has 2 aromatic heterocycles. The first-order valence-electron chi connectivity index (χ1n) is 9.72. The van der Waals surface area contributed by atoms with E-state index in [1.165, 1.54) is 0 Å². The monoisotopic (exact) mass is 464 g/mol. The van der Waals surface area contributed by atoms with Crippen molar-refractivity contribution in [2.75, 3.05) is 31.6 Å². The molecule has 6 nitrogen and oxygen atoms in total. The van der Waals surface area contributed by atoms with Crippen LogP contribution in [0.1, 0.15) is 33.0 Å². The van der Waals surface area contributed by atoms with Gasteiger partial charge in [-0.15, -0.1) is 0 Å². The van der Waals surface area contributed by atoms with Gasteiger partial charge in [-0.25, -0.2) is 4.98 Å². The van der Waals surface area contributed by atoms with E-state index in [-0.39, 0.29) is 5.04 Å². The van der Waals surface area contributed by atoms with Crippen molar-refractivity contribution in [1.29, 1.82) is 5.26 Å². The number of pyridine rings is 1. The molecule has 8 heteroatoms. The summed E-state index contributed by atoms with van der Waals surface area (Å²) in [5, 5.41) is 13.7. The van der Waals surface area contributed by atoms with Crippen molar-refractivity contribution in [3.8, 4) is 6.07 Å². The summed E-state index contributed by atoms with van der Waals surface area (Å²) in [5.41, 5.74) is 0.616. The molecule has 0 aliphatic carbocycles. The van der Waals surface area contributed by atoms with Crippen LogP contribution in [0.15, 0.2) is 21.2 Å². The van der Waals surface area contributed by atoms with Gasteiger partial charge < -0.3 is 14.2 Å². The average Bonchev–Trinajstić information content (AvgIpc) is 3.23. The summed E-state index contributed by atoms with van der Waals surface area (Å²) in [6.07, 6.45) is 2.74. The molecule has 1 N–H and O–H groups in total. The summed E-state index contributed by atoms with van der Waals surface area (Å²) >= 11 is 3.61. The Hall–Kier alpha value is -1.40. The van der Waals surface area contributed by atoms with Crippen molar-refractivity contribution in [2.24, 2.45) is 0 Å². The number of anilines is 1. The molecule has 0 amide bonds. The number of nitrogens with zero attached hydrogens (tertiary/aromatic N) is 3. The van der Waals surface area contributed by atoms with Crippen LogP contribution in [0.2, 0.25) is 18.1 Å². The molecule has 1 atom stereocenters. The molecular weight excluding hydrogens is 436 g/mol. The molecule has 1 unspecified atom stereocenters. The number of aromatic nitrogens is 1. The van der Waals surface area contributed by atoms with E-state index >= 15 is 0 Å². The van der Waals surface area contributed by atoms with Gasteiger partial charge in [-0.05, 0) is 40.5 Å². The van der Waals surface area contributed by atoms with Crippen LogP contribution in [0.25, 0.3) is 11.0 Å². The third-order valence-electron chi connectivity index (χ3n) is 5.92. The standard InChI is InChI=1S/C20H29BrN4O2Si/c1-20(2,3)28(4,5)26-9-8-25-7-6-14(13-25)24-19-18(21)16-10-15(11-22)27-17(16)12-23-19/h10,12,14H,6-9,13H2,1-5H3,(H,23,24). The predicted molar refractivity (Wildman–Crippen MR) is 118 cm³/mol. The average molecular weight is 465 g/mol. The van der Waals surface area contributed by atoms with Gasteiger partial charge >= 0.3 is 0 Å². The minimum atomic E-state index is -1.68. The molecular formula is C20H29BrN4O2Si. The molecule has 152 valence electrons. The zero-order valence-electron chi connectivity index (χ0n) is 17.3. The summed E-state index contributed by atoms with van der Waals surface area (Å²) in [7, 11) is -1.68. The van der Waals surface area contributed by atoms with Gasteiger partial charge in [-0.1, -0.05) is 20.8 Å². The lowest BCUT2D eigenvalue weighted by Gasteiger charge is -2.36. The van der Waals surface area contributed by atoms with Crippen molar-refractivity contribution >= 4 is 41.0 Å². The molecule has 1 saturated heterocycles. The van der Waals surface area contributed by atoms with E-state index in [0.29, 0.717) is 17.4 Å². The number of fused-ring (bicyclic) bond motifs is 1. The molecule has 0 aromatic carbocycles. The third kappa shape index (κ3) is 4.59. The van der Waals surface area contributed by atoms with Gasteiger partial charge in [-0.2, -0.15) is 5.26 Å². The molecule has 3 rings (SSSR count). The SMILES string of the molecule is CC(C)(C)[Si](C)(C)OCCN1CCC(Nc2ncc3oc(C#N)cc3c2Br)C1. The number of hydrogen-bond donors (Lipinski definition) is 1. The van der Waals surface area contributed by atoms with Crippen LogP contribution in [-0.4, -0.2) is 50.5 Å². The van der Waals surface area contributed by atoms with Gasteiger partial charge in [0.15, 0.2) is 13.9 Å². The third-order valence-corrected chi connectivity index (χ3v) is 11.3. The van der Waals surface area contributed by atoms with Gasteiger partial charge in [-0.3, -0.25) is 4.90 Å². The highest BCUT2D eigenvalue weighted by Crippen LogP contribution is 2.36. The Balaban J connectivity index is 1.54. The minimum Gasteiger partial charge on any atom is -0.444 e. The normalized spacial score (nSPS) is 18.5. The lowest BCUT2D eigenvalue weighted by molar-refractivity contribution is 0.222. The molecule has 1 fully saturated rings. The van der Waals surface area contributed by atoms with Gasteiger partial charge in [0.05, 0.1) is 10.7 Å². The highest BCUT2D eigenvalue weighted by atomic mass is 79.9. The summed E-state index contributed by atoms with van der Waals surface area (Å²) < 4.78 is 12.6. The second-order valence-electron chi connectivity index (χ2n) is 8.96. The molecule has 3 heterocycles. The Morgan fingerprint density at radius 1 is 1.46 bits per heavy atom. The van der Waals surface area contributed by atoms with Crippen molar-refractivity contribution in [2.45, 2.75) is 51.4 Å². The molecule has 0 spiro atoms. The van der Waals surface area contributed by atoms with E-state index in [1.807, 2.05) is 6.07 Å². The quantitative estimate of drug-likeness (QED) is 0.608. The fourth-order valence-electron chi connectivity index (χ4n) is 3.13. The first kappa shape index (κ1) is 21.3. The fourth-order valence-corrected chi connectivity index (χ4v) is 4.69. The smallest absolute Gasteiger partial charge is 0.204 e. The maximum Gasteiger partial charge on any atom is 0.204 e. The second kappa shape index (κ2) is 8.15. The van der Waals surface area contributed by atoms with Crippen LogP contribution in [0.4, 0.5) is 5.82 Å². The number of halogens is 1. The minimum absolute atomic E-state index is 0.247. The van der Waals surface area contributed by atoms with Crippen LogP contribution >= 0.6 is 15.9 Å². The predicted octanol–water partition coefficient (Wildman–Crippen LogP) is 4.97. The van der Waals surface area contributed by atoms with Gasteiger partial charge in [0.2, 0.25) is 5.76 Å². The Kier molecular flexibility index (Phi) is 6.20. The lowest BCUT2D eigenvalue weighted by atomic mass is 10.2. The highest BCUT2D eigenvalue weighted by Gasteiger charge is 2.37. The molecule has 1 aliphatic heterocycles. The molecule has 0 bridgehead atoms.